The number of amides is 1. The third-order valence-corrected chi connectivity index (χ3v) is 5.58. The van der Waals surface area contributed by atoms with Crippen LogP contribution >= 0.6 is 36.2 Å². The van der Waals surface area contributed by atoms with Gasteiger partial charge in [-0.1, -0.05) is 11.2 Å². The summed E-state index contributed by atoms with van der Waals surface area (Å²) in [5.74, 6) is 1.47. The molecule has 0 radical (unpaired) electrons. The third-order valence-electron chi connectivity index (χ3n) is 4.71. The molecule has 2 aliphatic rings. The average Bonchev–Trinajstić information content (AvgIpc) is 3.35. The normalized spacial score (nSPS) is 20.3. The second-order valence-electron chi connectivity index (χ2n) is 6.58. The minimum atomic E-state index is 0. The number of hydrogen-bond donors (Lipinski definition) is 1. The lowest BCUT2D eigenvalue weighted by Crippen LogP contribution is -2.51. The molecule has 0 aliphatic carbocycles. The van der Waals surface area contributed by atoms with Crippen molar-refractivity contribution >= 4 is 42.1 Å². The van der Waals surface area contributed by atoms with Crippen molar-refractivity contribution in [3.8, 4) is 10.7 Å². The van der Waals surface area contributed by atoms with Gasteiger partial charge in [-0.15, -0.1) is 36.2 Å². The first-order valence-electron chi connectivity index (χ1n) is 8.95. The van der Waals surface area contributed by atoms with Crippen LogP contribution in [0.2, 0.25) is 0 Å². The SMILES string of the molecule is Cl.Cl.O=C(CC1COCCN1)N1CCN(Cc2nc(-c3cccs3)no2)CC1. The Balaban J connectivity index is 0.00000140. The van der Waals surface area contributed by atoms with Crippen LogP contribution in [0.25, 0.3) is 10.7 Å². The van der Waals surface area contributed by atoms with E-state index < -0.39 is 0 Å². The maximum absolute atomic E-state index is 12.4. The summed E-state index contributed by atoms with van der Waals surface area (Å²) in [5.41, 5.74) is 0. The van der Waals surface area contributed by atoms with E-state index >= 15 is 0 Å². The quantitative estimate of drug-likeness (QED) is 0.742. The Labute approximate surface area is 180 Å². The van der Waals surface area contributed by atoms with Crippen LogP contribution in [0.15, 0.2) is 22.0 Å². The molecular weight excluding hydrogens is 425 g/mol. The minimum Gasteiger partial charge on any atom is -0.378 e. The van der Waals surface area contributed by atoms with Gasteiger partial charge in [0.05, 0.1) is 24.6 Å². The van der Waals surface area contributed by atoms with E-state index in [-0.39, 0.29) is 36.8 Å². The summed E-state index contributed by atoms with van der Waals surface area (Å²) >= 11 is 1.60. The van der Waals surface area contributed by atoms with E-state index in [1.165, 1.54) is 0 Å². The summed E-state index contributed by atoms with van der Waals surface area (Å²) in [6.07, 6.45) is 0.508. The molecule has 0 spiro atoms. The fraction of sp³-hybridized carbons (Fsp3) is 0.588. The third kappa shape index (κ3) is 5.88. The molecule has 1 unspecified atom stereocenters. The van der Waals surface area contributed by atoms with Crippen LogP contribution in [-0.4, -0.2) is 77.8 Å². The van der Waals surface area contributed by atoms with Gasteiger partial charge in [0.25, 0.3) is 0 Å². The van der Waals surface area contributed by atoms with Crippen LogP contribution in [-0.2, 0) is 16.1 Å². The van der Waals surface area contributed by atoms with Gasteiger partial charge < -0.3 is 19.5 Å². The fourth-order valence-electron chi connectivity index (χ4n) is 3.26. The predicted octanol–water partition coefficient (Wildman–Crippen LogP) is 1.66. The number of carbonyl (C=O) groups is 1. The van der Waals surface area contributed by atoms with Gasteiger partial charge in [-0.25, -0.2) is 0 Å². The molecule has 2 aliphatic heterocycles. The molecule has 2 aromatic rings. The number of nitrogens with zero attached hydrogens (tertiary/aromatic N) is 4. The molecule has 0 aromatic carbocycles. The standard InChI is InChI=1S/C17H23N5O3S.2ClH/c23-16(10-13-12-24-8-3-18-13)22-6-4-21(5-7-22)11-15-19-17(20-25-15)14-2-1-9-26-14;;/h1-2,9,13,18H,3-8,10-12H2;2*1H. The highest BCUT2D eigenvalue weighted by molar-refractivity contribution is 7.13. The molecule has 8 nitrogen and oxygen atoms in total. The average molecular weight is 450 g/mol. The Morgan fingerprint density at radius 2 is 2.11 bits per heavy atom. The van der Waals surface area contributed by atoms with Gasteiger partial charge in [0.1, 0.15) is 0 Å². The Hall–Kier alpha value is -1.23. The highest BCUT2D eigenvalue weighted by atomic mass is 35.5. The molecule has 28 heavy (non-hydrogen) atoms. The van der Waals surface area contributed by atoms with E-state index in [1.807, 2.05) is 22.4 Å². The molecule has 4 rings (SSSR count). The van der Waals surface area contributed by atoms with Crippen molar-refractivity contribution in [2.24, 2.45) is 0 Å². The second-order valence-corrected chi connectivity index (χ2v) is 7.52. The van der Waals surface area contributed by atoms with Crippen molar-refractivity contribution in [1.82, 2.24) is 25.3 Å². The van der Waals surface area contributed by atoms with E-state index in [0.29, 0.717) is 31.3 Å². The second kappa shape index (κ2) is 11.1. The van der Waals surface area contributed by atoms with Crippen LogP contribution in [0.3, 0.4) is 0 Å². The van der Waals surface area contributed by atoms with E-state index in [9.17, 15) is 4.79 Å². The zero-order valence-corrected chi connectivity index (χ0v) is 17.9. The molecule has 156 valence electrons. The van der Waals surface area contributed by atoms with Gasteiger partial charge in [-0.3, -0.25) is 9.69 Å². The molecule has 1 amide bonds. The van der Waals surface area contributed by atoms with Crippen molar-refractivity contribution in [3.05, 3.63) is 23.4 Å². The van der Waals surface area contributed by atoms with Gasteiger partial charge >= 0.3 is 0 Å². The molecule has 0 saturated carbocycles. The molecule has 2 fully saturated rings. The molecule has 2 aromatic heterocycles. The van der Waals surface area contributed by atoms with Crippen LogP contribution in [0.1, 0.15) is 12.3 Å². The Kier molecular flexibility index (Phi) is 9.13. The molecule has 2 saturated heterocycles. The van der Waals surface area contributed by atoms with Crippen LogP contribution in [0.5, 0.6) is 0 Å². The van der Waals surface area contributed by atoms with Crippen molar-refractivity contribution in [2.75, 3.05) is 45.9 Å². The summed E-state index contributed by atoms with van der Waals surface area (Å²) in [7, 11) is 0. The summed E-state index contributed by atoms with van der Waals surface area (Å²) in [6.45, 7) is 5.90. The lowest BCUT2D eigenvalue weighted by Gasteiger charge is -2.35. The number of aromatic nitrogens is 2. The molecule has 1 atom stereocenters. The highest BCUT2D eigenvalue weighted by Crippen LogP contribution is 2.21. The number of nitrogens with one attached hydrogen (secondary N) is 1. The number of hydrogen-bond acceptors (Lipinski definition) is 8. The van der Waals surface area contributed by atoms with E-state index in [0.717, 1.165) is 44.2 Å². The van der Waals surface area contributed by atoms with Gasteiger partial charge in [-0.05, 0) is 11.4 Å². The van der Waals surface area contributed by atoms with Crippen molar-refractivity contribution in [2.45, 2.75) is 19.0 Å². The largest absolute Gasteiger partial charge is 0.378 e. The maximum Gasteiger partial charge on any atom is 0.241 e. The summed E-state index contributed by atoms with van der Waals surface area (Å²) in [6, 6.07) is 4.10. The summed E-state index contributed by atoms with van der Waals surface area (Å²) < 4.78 is 10.8. The molecule has 4 heterocycles. The van der Waals surface area contributed by atoms with Crippen molar-refractivity contribution < 1.29 is 14.1 Å². The monoisotopic (exact) mass is 449 g/mol. The zero-order chi connectivity index (χ0) is 17.8. The van der Waals surface area contributed by atoms with Crippen molar-refractivity contribution in [1.29, 1.82) is 0 Å². The first-order valence-corrected chi connectivity index (χ1v) is 9.83. The van der Waals surface area contributed by atoms with Crippen LogP contribution in [0, 0.1) is 0 Å². The number of carbonyl (C=O) groups excluding carboxylic acids is 1. The number of morpholine rings is 1. The van der Waals surface area contributed by atoms with Gasteiger partial charge in [0.2, 0.25) is 17.6 Å². The van der Waals surface area contributed by atoms with Crippen LogP contribution < -0.4 is 5.32 Å². The number of ether oxygens (including phenoxy) is 1. The van der Waals surface area contributed by atoms with E-state index in [2.05, 4.69) is 20.4 Å². The van der Waals surface area contributed by atoms with E-state index in [1.54, 1.807) is 11.3 Å². The lowest BCUT2D eigenvalue weighted by molar-refractivity contribution is -0.134. The number of halogens is 2. The Morgan fingerprint density at radius 1 is 1.29 bits per heavy atom. The lowest BCUT2D eigenvalue weighted by atomic mass is 10.1. The predicted molar refractivity (Wildman–Crippen MR) is 111 cm³/mol. The van der Waals surface area contributed by atoms with Crippen molar-refractivity contribution in [3.63, 3.8) is 0 Å². The first kappa shape index (κ1) is 23.1. The number of rotatable bonds is 5. The highest BCUT2D eigenvalue weighted by Gasteiger charge is 2.25. The topological polar surface area (TPSA) is 83.7 Å². The summed E-state index contributed by atoms with van der Waals surface area (Å²) in [4.78, 5) is 22.1. The summed E-state index contributed by atoms with van der Waals surface area (Å²) in [5, 5.41) is 9.38. The number of thiophene rings is 1. The molecule has 11 heteroatoms. The van der Waals surface area contributed by atoms with E-state index in [4.69, 9.17) is 9.26 Å². The van der Waals surface area contributed by atoms with Gasteiger partial charge in [-0.2, -0.15) is 4.98 Å². The smallest absolute Gasteiger partial charge is 0.241 e. The van der Waals surface area contributed by atoms with Crippen LogP contribution in [0.4, 0.5) is 0 Å². The Bertz CT molecular complexity index is 716. The number of piperazine rings is 1. The molecular formula is C17H25Cl2N5O3S. The van der Waals surface area contributed by atoms with Gasteiger partial charge in [0, 0.05) is 45.2 Å². The molecule has 1 N–H and O–H groups in total. The maximum atomic E-state index is 12.4. The zero-order valence-electron chi connectivity index (χ0n) is 15.4. The fourth-order valence-corrected chi connectivity index (χ4v) is 3.91. The Morgan fingerprint density at radius 3 is 2.79 bits per heavy atom. The molecule has 0 bridgehead atoms. The first-order chi connectivity index (χ1) is 12.8. The van der Waals surface area contributed by atoms with Gasteiger partial charge in [0.15, 0.2) is 0 Å². The minimum absolute atomic E-state index is 0.